The highest BCUT2D eigenvalue weighted by Gasteiger charge is 2.15. The third-order valence-corrected chi connectivity index (χ3v) is 4.76. The zero-order valence-electron chi connectivity index (χ0n) is 16.1. The van der Waals surface area contributed by atoms with E-state index in [-0.39, 0.29) is 6.04 Å². The first-order valence-corrected chi connectivity index (χ1v) is 9.45. The lowest BCUT2D eigenvalue weighted by molar-refractivity contribution is 0.314. The second-order valence-corrected chi connectivity index (χ2v) is 6.77. The van der Waals surface area contributed by atoms with Crippen LogP contribution in [-0.2, 0) is 0 Å². The molecule has 30 heavy (non-hydrogen) atoms. The molecule has 2 aromatic carbocycles. The van der Waals surface area contributed by atoms with Gasteiger partial charge in [0, 0.05) is 22.7 Å². The fraction of sp³-hybridized carbons (Fsp3) is 0.0952. The second-order valence-electron chi connectivity index (χ2n) is 6.77. The van der Waals surface area contributed by atoms with Crippen molar-refractivity contribution in [2.75, 3.05) is 10.7 Å². The maximum Gasteiger partial charge on any atom is 0.245 e. The molecule has 0 saturated heterocycles. The van der Waals surface area contributed by atoms with E-state index in [0.29, 0.717) is 22.9 Å². The Balaban J connectivity index is 1.43. The van der Waals surface area contributed by atoms with Gasteiger partial charge in [-0.3, -0.25) is 5.43 Å². The Morgan fingerprint density at radius 1 is 0.967 bits per heavy atom. The van der Waals surface area contributed by atoms with E-state index in [1.807, 2.05) is 67.7 Å². The van der Waals surface area contributed by atoms with Crippen LogP contribution in [-0.4, -0.2) is 31.5 Å². The van der Waals surface area contributed by atoms with Crippen molar-refractivity contribution < 1.29 is 4.63 Å². The molecule has 0 aliphatic heterocycles. The van der Waals surface area contributed by atoms with E-state index < -0.39 is 0 Å². The Hall–Kier alpha value is -4.27. The Labute approximate surface area is 171 Å². The highest BCUT2D eigenvalue weighted by atomic mass is 16.6. The third kappa shape index (κ3) is 3.44. The monoisotopic (exact) mass is 398 g/mol. The van der Waals surface area contributed by atoms with Crippen molar-refractivity contribution in [1.82, 2.24) is 25.3 Å². The smallest absolute Gasteiger partial charge is 0.245 e. The van der Waals surface area contributed by atoms with Crippen molar-refractivity contribution in [2.24, 2.45) is 5.10 Å². The minimum absolute atomic E-state index is 0.00374. The fourth-order valence-corrected chi connectivity index (χ4v) is 3.21. The molecule has 0 radical (unpaired) electrons. The Morgan fingerprint density at radius 3 is 2.53 bits per heavy atom. The average Bonchev–Trinajstić information content (AvgIpc) is 3.41. The SMILES string of the molecule is CC(Nc1nc2nonc2nc1NN=Cc1c[nH]c2ccccc12)c1ccccc1. The molecule has 9 nitrogen and oxygen atoms in total. The molecule has 0 fully saturated rings. The van der Waals surface area contributed by atoms with E-state index in [1.54, 1.807) is 6.21 Å². The molecule has 1 unspecified atom stereocenters. The molecule has 1 atom stereocenters. The van der Waals surface area contributed by atoms with E-state index in [9.17, 15) is 0 Å². The topological polar surface area (TPSA) is 117 Å². The van der Waals surface area contributed by atoms with Gasteiger partial charge in [0.05, 0.1) is 12.3 Å². The predicted octanol–water partition coefficient (Wildman–Crippen LogP) is 4.11. The van der Waals surface area contributed by atoms with Crippen molar-refractivity contribution in [3.8, 4) is 0 Å². The summed E-state index contributed by atoms with van der Waals surface area (Å²) in [6.07, 6.45) is 3.64. The Morgan fingerprint density at radius 2 is 1.70 bits per heavy atom. The summed E-state index contributed by atoms with van der Waals surface area (Å²) >= 11 is 0. The summed E-state index contributed by atoms with van der Waals surface area (Å²) in [4.78, 5) is 12.1. The first-order chi connectivity index (χ1) is 14.8. The largest absolute Gasteiger partial charge is 0.361 e. The molecular weight excluding hydrogens is 380 g/mol. The van der Waals surface area contributed by atoms with Crippen LogP contribution in [0.1, 0.15) is 24.1 Å². The van der Waals surface area contributed by atoms with Gasteiger partial charge in [0.15, 0.2) is 11.6 Å². The molecule has 5 aromatic rings. The highest BCUT2D eigenvalue weighted by molar-refractivity contribution is 5.99. The van der Waals surface area contributed by atoms with Gasteiger partial charge in [-0.25, -0.2) is 9.61 Å². The van der Waals surface area contributed by atoms with Crippen LogP contribution in [0, 0.1) is 0 Å². The normalized spacial score (nSPS) is 12.6. The van der Waals surface area contributed by atoms with Crippen LogP contribution in [0.4, 0.5) is 11.6 Å². The first-order valence-electron chi connectivity index (χ1n) is 9.45. The Kier molecular flexibility index (Phi) is 4.53. The second kappa shape index (κ2) is 7.63. The van der Waals surface area contributed by atoms with Crippen molar-refractivity contribution in [2.45, 2.75) is 13.0 Å². The highest BCUT2D eigenvalue weighted by Crippen LogP contribution is 2.25. The molecular formula is C21H18N8O. The van der Waals surface area contributed by atoms with Crippen LogP contribution in [0.2, 0.25) is 0 Å². The van der Waals surface area contributed by atoms with E-state index >= 15 is 0 Å². The quantitative estimate of drug-likeness (QED) is 0.291. The molecule has 0 spiro atoms. The zero-order valence-corrected chi connectivity index (χ0v) is 16.1. The maximum atomic E-state index is 4.75. The molecule has 3 N–H and O–H groups in total. The lowest BCUT2D eigenvalue weighted by atomic mass is 10.1. The minimum Gasteiger partial charge on any atom is -0.361 e. The third-order valence-electron chi connectivity index (χ3n) is 4.76. The lowest BCUT2D eigenvalue weighted by Gasteiger charge is -2.16. The molecule has 3 heterocycles. The van der Waals surface area contributed by atoms with Crippen molar-refractivity contribution in [1.29, 1.82) is 0 Å². The number of hydrogen-bond donors (Lipinski definition) is 3. The van der Waals surface area contributed by atoms with Gasteiger partial charge >= 0.3 is 0 Å². The number of aromatic nitrogens is 5. The summed E-state index contributed by atoms with van der Waals surface area (Å²) < 4.78 is 4.75. The molecule has 0 aliphatic rings. The van der Waals surface area contributed by atoms with E-state index in [1.165, 1.54) is 0 Å². The maximum absolute atomic E-state index is 4.75. The van der Waals surface area contributed by atoms with E-state index in [2.05, 4.69) is 41.1 Å². The van der Waals surface area contributed by atoms with Crippen LogP contribution in [0.25, 0.3) is 22.2 Å². The number of rotatable bonds is 6. The fourth-order valence-electron chi connectivity index (χ4n) is 3.21. The van der Waals surface area contributed by atoms with E-state index in [0.717, 1.165) is 22.0 Å². The molecule has 0 bridgehead atoms. The van der Waals surface area contributed by atoms with Crippen LogP contribution in [0.3, 0.4) is 0 Å². The van der Waals surface area contributed by atoms with Gasteiger partial charge in [-0.05, 0) is 28.9 Å². The molecule has 0 saturated carbocycles. The number of aromatic amines is 1. The number of anilines is 2. The van der Waals surface area contributed by atoms with Crippen LogP contribution in [0.5, 0.6) is 0 Å². The number of fused-ring (bicyclic) bond motifs is 2. The molecule has 0 amide bonds. The number of hydrogen-bond acceptors (Lipinski definition) is 8. The molecule has 3 aromatic heterocycles. The number of H-pyrrole nitrogens is 1. The zero-order chi connectivity index (χ0) is 20.3. The number of nitrogens with zero attached hydrogens (tertiary/aromatic N) is 5. The minimum atomic E-state index is -0.00374. The van der Waals surface area contributed by atoms with Crippen LogP contribution in [0.15, 0.2) is 70.5 Å². The van der Waals surface area contributed by atoms with Gasteiger partial charge in [0.2, 0.25) is 11.3 Å². The number of hydrazone groups is 1. The summed E-state index contributed by atoms with van der Waals surface area (Å²) in [5.74, 6) is 0.933. The molecule has 9 heteroatoms. The van der Waals surface area contributed by atoms with Crippen molar-refractivity contribution >= 4 is 40.0 Å². The summed E-state index contributed by atoms with van der Waals surface area (Å²) in [6, 6.07) is 18.1. The van der Waals surface area contributed by atoms with Gasteiger partial charge in [0.1, 0.15) is 0 Å². The number of benzene rings is 2. The van der Waals surface area contributed by atoms with Crippen molar-refractivity contribution in [3.05, 3.63) is 71.9 Å². The molecule has 5 rings (SSSR count). The van der Waals surface area contributed by atoms with E-state index in [4.69, 9.17) is 4.63 Å². The van der Waals surface area contributed by atoms with Gasteiger partial charge in [0.25, 0.3) is 0 Å². The van der Waals surface area contributed by atoms with Gasteiger partial charge < -0.3 is 10.3 Å². The lowest BCUT2D eigenvalue weighted by Crippen LogP contribution is -2.11. The van der Waals surface area contributed by atoms with Crippen molar-refractivity contribution in [3.63, 3.8) is 0 Å². The van der Waals surface area contributed by atoms with Crippen LogP contribution >= 0.6 is 0 Å². The predicted molar refractivity (Wildman–Crippen MR) is 115 cm³/mol. The molecule has 0 aliphatic carbocycles. The van der Waals surface area contributed by atoms with Gasteiger partial charge in [-0.1, -0.05) is 48.5 Å². The molecule has 148 valence electrons. The summed E-state index contributed by atoms with van der Waals surface area (Å²) in [7, 11) is 0. The average molecular weight is 398 g/mol. The van der Waals surface area contributed by atoms with Gasteiger partial charge in [-0.2, -0.15) is 10.1 Å². The van der Waals surface area contributed by atoms with Gasteiger partial charge in [-0.15, -0.1) is 0 Å². The Bertz CT molecular complexity index is 1320. The first kappa shape index (κ1) is 17.8. The summed E-state index contributed by atoms with van der Waals surface area (Å²) in [6.45, 7) is 2.04. The summed E-state index contributed by atoms with van der Waals surface area (Å²) in [5, 5.41) is 16.3. The standard InChI is InChI=1S/C21H18N8O/c1-13(14-7-3-2-4-8-14)24-18-19(26-21-20(25-18)28-30-29-21)27-23-12-15-11-22-17-10-6-5-9-16(15)17/h2-13,22H,1H3,(H,24,25,28)(H,26,27,29). The number of para-hydroxylation sites is 1. The van der Waals surface area contributed by atoms with Crippen LogP contribution < -0.4 is 10.7 Å². The number of nitrogens with one attached hydrogen (secondary N) is 3. The summed E-state index contributed by atoms with van der Waals surface area (Å²) in [5.41, 5.74) is 6.72.